The van der Waals surface area contributed by atoms with Crippen LogP contribution in [0.5, 0.6) is 0 Å². The molecular formula is C22H28N4O3S2. The SMILES string of the molecule is CCCCN1C(=O)/C(=C\c2c(C)c(C#N)c(=O)n(CCC)c2N2CCOCC2)SC1=S. The monoisotopic (exact) mass is 460 g/mol. The Balaban J connectivity index is 2.18. The Labute approximate surface area is 192 Å². The standard InChI is InChI=1S/C22H28N4O3S2/c1-4-6-8-26-21(28)18(31-22(26)30)13-16-15(3)17(14-23)20(27)25(7-5-2)19(16)24-9-11-29-12-10-24/h13H,4-12H2,1-3H3/b18-13+. The van der Waals surface area contributed by atoms with Crippen LogP contribution in [0.15, 0.2) is 9.70 Å². The summed E-state index contributed by atoms with van der Waals surface area (Å²) >= 11 is 6.73. The number of ether oxygens (including phenoxy) is 1. The van der Waals surface area contributed by atoms with E-state index in [1.807, 2.05) is 13.0 Å². The normalized spacial score (nSPS) is 18.2. The smallest absolute Gasteiger partial charge is 0.270 e. The van der Waals surface area contributed by atoms with E-state index in [1.165, 1.54) is 11.8 Å². The number of hydrogen-bond acceptors (Lipinski definition) is 7. The fourth-order valence-electron chi connectivity index (χ4n) is 3.83. The van der Waals surface area contributed by atoms with Gasteiger partial charge < -0.3 is 9.64 Å². The van der Waals surface area contributed by atoms with Crippen LogP contribution >= 0.6 is 24.0 Å². The first-order valence-corrected chi connectivity index (χ1v) is 11.9. The summed E-state index contributed by atoms with van der Waals surface area (Å²) in [7, 11) is 0. The summed E-state index contributed by atoms with van der Waals surface area (Å²) in [4.78, 5) is 30.5. The number of thioether (sulfide) groups is 1. The molecule has 0 saturated carbocycles. The lowest BCUT2D eigenvalue weighted by atomic mass is 10.0. The van der Waals surface area contributed by atoms with Gasteiger partial charge in [0.2, 0.25) is 0 Å². The van der Waals surface area contributed by atoms with Gasteiger partial charge in [-0.15, -0.1) is 0 Å². The molecule has 1 aromatic rings. The maximum Gasteiger partial charge on any atom is 0.270 e. The van der Waals surface area contributed by atoms with E-state index >= 15 is 0 Å². The molecule has 0 spiro atoms. The summed E-state index contributed by atoms with van der Waals surface area (Å²) in [6, 6.07) is 2.08. The number of amides is 1. The van der Waals surface area contributed by atoms with E-state index in [1.54, 1.807) is 16.4 Å². The fraction of sp³-hybridized carbons (Fsp3) is 0.545. The zero-order valence-corrected chi connectivity index (χ0v) is 19.9. The quantitative estimate of drug-likeness (QED) is 0.456. The predicted octanol–water partition coefficient (Wildman–Crippen LogP) is 3.28. The van der Waals surface area contributed by atoms with E-state index in [0.29, 0.717) is 54.2 Å². The molecule has 2 aliphatic heterocycles. The molecule has 2 fully saturated rings. The molecule has 3 heterocycles. The van der Waals surface area contributed by atoms with Gasteiger partial charge in [-0.05, 0) is 31.4 Å². The molecule has 0 aromatic carbocycles. The molecule has 2 aliphatic rings. The lowest BCUT2D eigenvalue weighted by Crippen LogP contribution is -2.41. The highest BCUT2D eigenvalue weighted by Gasteiger charge is 2.33. The number of aromatic nitrogens is 1. The summed E-state index contributed by atoms with van der Waals surface area (Å²) in [6.45, 7) is 9.39. The molecule has 1 aromatic heterocycles. The van der Waals surface area contributed by atoms with Crippen molar-refractivity contribution in [2.45, 2.75) is 46.6 Å². The number of thiocarbonyl (C=S) groups is 1. The van der Waals surface area contributed by atoms with E-state index < -0.39 is 0 Å². The Morgan fingerprint density at radius 2 is 1.90 bits per heavy atom. The van der Waals surface area contributed by atoms with Crippen molar-refractivity contribution in [2.24, 2.45) is 0 Å². The van der Waals surface area contributed by atoms with Gasteiger partial charge in [-0.25, -0.2) is 0 Å². The molecule has 7 nitrogen and oxygen atoms in total. The molecule has 0 N–H and O–H groups in total. The van der Waals surface area contributed by atoms with Crippen LogP contribution in [0.3, 0.4) is 0 Å². The second-order valence-electron chi connectivity index (χ2n) is 7.59. The van der Waals surface area contributed by atoms with E-state index in [2.05, 4.69) is 17.9 Å². The van der Waals surface area contributed by atoms with Crippen LogP contribution < -0.4 is 10.5 Å². The molecule has 0 aliphatic carbocycles. The first-order chi connectivity index (χ1) is 14.9. The van der Waals surface area contributed by atoms with Crippen molar-refractivity contribution in [1.29, 1.82) is 5.26 Å². The molecule has 9 heteroatoms. The van der Waals surface area contributed by atoms with Crippen LogP contribution in [0.1, 0.15) is 49.8 Å². The number of morpholine rings is 1. The Kier molecular flexibility index (Phi) is 7.92. The molecule has 31 heavy (non-hydrogen) atoms. The van der Waals surface area contributed by atoms with Gasteiger partial charge in [0, 0.05) is 31.7 Å². The van der Waals surface area contributed by atoms with E-state index in [4.69, 9.17) is 17.0 Å². The summed E-state index contributed by atoms with van der Waals surface area (Å²) in [5, 5.41) is 9.69. The maximum absolute atomic E-state index is 13.1. The Bertz CT molecular complexity index is 1000. The van der Waals surface area contributed by atoms with Gasteiger partial charge in [-0.1, -0.05) is 44.2 Å². The van der Waals surface area contributed by atoms with Crippen molar-refractivity contribution in [2.75, 3.05) is 37.7 Å². The van der Waals surface area contributed by atoms with Crippen molar-refractivity contribution in [3.63, 3.8) is 0 Å². The number of nitriles is 1. The van der Waals surface area contributed by atoms with Crippen LogP contribution in [0, 0.1) is 18.3 Å². The Morgan fingerprint density at radius 3 is 2.52 bits per heavy atom. The minimum absolute atomic E-state index is 0.109. The molecule has 166 valence electrons. The molecule has 1 amide bonds. The highest BCUT2D eigenvalue weighted by molar-refractivity contribution is 8.26. The molecule has 3 rings (SSSR count). The highest BCUT2D eigenvalue weighted by Crippen LogP contribution is 2.36. The third kappa shape index (κ3) is 4.71. The second-order valence-corrected chi connectivity index (χ2v) is 9.27. The number of carbonyl (C=O) groups excluding carboxylic acids is 1. The van der Waals surface area contributed by atoms with Crippen molar-refractivity contribution in [1.82, 2.24) is 9.47 Å². The number of nitrogens with zero attached hydrogens (tertiary/aromatic N) is 4. The predicted molar refractivity (Wildman–Crippen MR) is 128 cm³/mol. The largest absolute Gasteiger partial charge is 0.378 e. The zero-order chi connectivity index (χ0) is 22.5. The van der Waals surface area contributed by atoms with Crippen LogP contribution in [-0.2, 0) is 16.1 Å². The van der Waals surface area contributed by atoms with Crippen molar-refractivity contribution in [3.05, 3.63) is 31.9 Å². The first-order valence-electron chi connectivity index (χ1n) is 10.7. The molecule has 0 bridgehead atoms. The van der Waals surface area contributed by atoms with Gasteiger partial charge in [-0.2, -0.15) is 5.26 Å². The summed E-state index contributed by atoms with van der Waals surface area (Å²) in [5.74, 6) is 0.646. The van der Waals surface area contributed by atoms with E-state index in [-0.39, 0.29) is 17.0 Å². The van der Waals surface area contributed by atoms with Crippen LogP contribution in [0.2, 0.25) is 0 Å². The van der Waals surface area contributed by atoms with E-state index in [0.717, 1.165) is 30.6 Å². The lowest BCUT2D eigenvalue weighted by Gasteiger charge is -2.33. The summed E-state index contributed by atoms with van der Waals surface area (Å²) < 4.78 is 7.74. The molecular weight excluding hydrogens is 432 g/mol. The van der Waals surface area contributed by atoms with Crippen molar-refractivity contribution >= 4 is 46.1 Å². The Hall–Kier alpha value is -2.15. The van der Waals surface area contributed by atoms with Gasteiger partial charge in [0.05, 0.1) is 18.1 Å². The average Bonchev–Trinajstić information content (AvgIpc) is 3.03. The number of hydrogen-bond donors (Lipinski definition) is 0. The van der Waals surface area contributed by atoms with Gasteiger partial charge in [0.15, 0.2) is 0 Å². The molecule has 0 unspecified atom stereocenters. The molecule has 0 radical (unpaired) electrons. The van der Waals surface area contributed by atoms with Crippen LogP contribution in [0.4, 0.5) is 5.82 Å². The second kappa shape index (κ2) is 10.4. The average molecular weight is 461 g/mol. The lowest BCUT2D eigenvalue weighted by molar-refractivity contribution is -0.122. The van der Waals surface area contributed by atoms with E-state index in [9.17, 15) is 14.9 Å². The fourth-order valence-corrected chi connectivity index (χ4v) is 5.12. The first kappa shape index (κ1) is 23.5. The number of anilines is 1. The zero-order valence-electron chi connectivity index (χ0n) is 18.3. The molecule has 2 saturated heterocycles. The van der Waals surface area contributed by atoms with Gasteiger partial charge in [0.25, 0.3) is 11.5 Å². The van der Waals surface area contributed by atoms with Gasteiger partial charge >= 0.3 is 0 Å². The molecule has 0 atom stereocenters. The van der Waals surface area contributed by atoms with Crippen LogP contribution in [-0.4, -0.2) is 52.5 Å². The topological polar surface area (TPSA) is 78.6 Å². The highest BCUT2D eigenvalue weighted by atomic mass is 32.2. The van der Waals surface area contributed by atoms with Crippen molar-refractivity contribution in [3.8, 4) is 6.07 Å². The number of rotatable bonds is 7. The summed E-state index contributed by atoms with van der Waals surface area (Å²) in [6.07, 6.45) is 4.43. The van der Waals surface area contributed by atoms with Gasteiger partial charge in [-0.3, -0.25) is 19.1 Å². The number of unbranched alkanes of at least 4 members (excludes halogenated alkanes) is 1. The van der Waals surface area contributed by atoms with Gasteiger partial charge in [0.1, 0.15) is 21.8 Å². The minimum atomic E-state index is -0.281. The number of carbonyl (C=O) groups is 1. The maximum atomic E-state index is 13.1. The third-order valence-electron chi connectivity index (χ3n) is 5.49. The summed E-state index contributed by atoms with van der Waals surface area (Å²) in [5.41, 5.74) is 1.18. The third-order valence-corrected chi connectivity index (χ3v) is 6.87. The van der Waals surface area contributed by atoms with Crippen molar-refractivity contribution < 1.29 is 9.53 Å². The van der Waals surface area contributed by atoms with Crippen LogP contribution in [0.25, 0.3) is 6.08 Å². The number of pyridine rings is 1. The minimum Gasteiger partial charge on any atom is -0.378 e. The Morgan fingerprint density at radius 1 is 1.19 bits per heavy atom.